The first-order valence-corrected chi connectivity index (χ1v) is 11.4. The lowest BCUT2D eigenvalue weighted by Gasteiger charge is -2.31. The first kappa shape index (κ1) is 21.6. The van der Waals surface area contributed by atoms with E-state index >= 15 is 0 Å². The molecule has 0 spiro atoms. The van der Waals surface area contributed by atoms with Crippen LogP contribution in [-0.2, 0) is 0 Å². The number of aromatic nitrogens is 2. The van der Waals surface area contributed by atoms with Gasteiger partial charge in [-0.2, -0.15) is 0 Å². The van der Waals surface area contributed by atoms with Gasteiger partial charge < -0.3 is 14.8 Å². The Kier molecular flexibility index (Phi) is 5.65. The van der Waals surface area contributed by atoms with Crippen molar-refractivity contribution in [3.05, 3.63) is 81.9 Å². The van der Waals surface area contributed by atoms with Gasteiger partial charge in [0.05, 0.1) is 23.5 Å². The van der Waals surface area contributed by atoms with Crippen molar-refractivity contribution >= 4 is 17.3 Å². The summed E-state index contributed by atoms with van der Waals surface area (Å²) in [5.74, 6) is 0. The Balaban J connectivity index is 1.90. The van der Waals surface area contributed by atoms with E-state index in [-0.39, 0.29) is 18.1 Å². The van der Waals surface area contributed by atoms with Gasteiger partial charge in [-0.05, 0) is 95.6 Å². The van der Waals surface area contributed by atoms with Crippen LogP contribution in [0.3, 0.4) is 0 Å². The summed E-state index contributed by atoms with van der Waals surface area (Å²) in [7, 11) is 0. The Morgan fingerprint density at radius 3 is 2.26 bits per heavy atom. The standard InChI is InChI=1S/C26H32N4S/c1-15(2)29-25(23(28-26(29)31)22-10-8-9-11-27-22)21-14-19(6)30(20(21)7)24-17(4)12-16(3)13-18(24)5/h8-15,23,25H,1-7H3,(H,28,31)/t23-,25-/m0/s1. The summed E-state index contributed by atoms with van der Waals surface area (Å²) in [6.45, 7) is 15.4. The van der Waals surface area contributed by atoms with Gasteiger partial charge in [0.2, 0.25) is 0 Å². The van der Waals surface area contributed by atoms with Crippen molar-refractivity contribution in [3.8, 4) is 5.69 Å². The SMILES string of the molecule is Cc1cc(C)c(-n2c(C)cc([C@H]3[C@H](c4ccccn4)NC(=S)N3C(C)C)c2C)c(C)c1. The number of hydrogen-bond acceptors (Lipinski definition) is 2. The third kappa shape index (κ3) is 3.65. The molecule has 1 aliphatic rings. The van der Waals surface area contributed by atoms with Gasteiger partial charge >= 0.3 is 0 Å². The molecule has 4 nitrogen and oxygen atoms in total. The van der Waals surface area contributed by atoms with E-state index in [4.69, 9.17) is 12.2 Å². The topological polar surface area (TPSA) is 33.1 Å². The molecule has 1 saturated heterocycles. The molecule has 0 aliphatic carbocycles. The molecule has 0 radical (unpaired) electrons. The van der Waals surface area contributed by atoms with Gasteiger partial charge in [-0.15, -0.1) is 0 Å². The van der Waals surface area contributed by atoms with Gasteiger partial charge in [0.15, 0.2) is 5.11 Å². The van der Waals surface area contributed by atoms with E-state index in [1.165, 1.54) is 39.3 Å². The van der Waals surface area contributed by atoms with Crippen LogP contribution in [0.25, 0.3) is 5.69 Å². The van der Waals surface area contributed by atoms with Crippen LogP contribution >= 0.6 is 12.2 Å². The summed E-state index contributed by atoms with van der Waals surface area (Å²) in [5.41, 5.74) is 10.00. The maximum absolute atomic E-state index is 5.78. The predicted molar refractivity (Wildman–Crippen MR) is 132 cm³/mol. The number of aryl methyl sites for hydroxylation is 4. The second-order valence-electron chi connectivity index (χ2n) is 9.04. The van der Waals surface area contributed by atoms with Crippen molar-refractivity contribution < 1.29 is 0 Å². The summed E-state index contributed by atoms with van der Waals surface area (Å²) in [6, 6.07) is 13.4. The van der Waals surface area contributed by atoms with Crippen LogP contribution in [0.2, 0.25) is 0 Å². The largest absolute Gasteiger partial charge is 0.352 e. The van der Waals surface area contributed by atoms with Crippen molar-refractivity contribution in [2.45, 2.75) is 66.6 Å². The highest BCUT2D eigenvalue weighted by molar-refractivity contribution is 7.80. The highest BCUT2D eigenvalue weighted by Gasteiger charge is 2.42. The summed E-state index contributed by atoms with van der Waals surface area (Å²) in [6.07, 6.45) is 1.86. The Morgan fingerprint density at radius 2 is 1.68 bits per heavy atom. The van der Waals surface area contributed by atoms with E-state index in [1.54, 1.807) is 0 Å². The van der Waals surface area contributed by atoms with Crippen molar-refractivity contribution in [1.82, 2.24) is 19.8 Å². The molecule has 0 bridgehead atoms. The van der Waals surface area contributed by atoms with Crippen molar-refractivity contribution in [2.24, 2.45) is 0 Å². The predicted octanol–water partition coefficient (Wildman–Crippen LogP) is 5.80. The molecule has 3 aromatic rings. The van der Waals surface area contributed by atoms with Crippen molar-refractivity contribution in [2.75, 3.05) is 0 Å². The van der Waals surface area contributed by atoms with E-state index in [0.717, 1.165) is 10.8 Å². The smallest absolute Gasteiger partial charge is 0.170 e. The van der Waals surface area contributed by atoms with Crippen molar-refractivity contribution in [3.63, 3.8) is 0 Å². The van der Waals surface area contributed by atoms with Crippen LogP contribution in [0.1, 0.15) is 65.3 Å². The van der Waals surface area contributed by atoms with Gasteiger partial charge in [-0.3, -0.25) is 4.98 Å². The van der Waals surface area contributed by atoms with E-state index in [9.17, 15) is 0 Å². The zero-order valence-corrected chi connectivity index (χ0v) is 20.3. The molecule has 4 rings (SSSR count). The lowest BCUT2D eigenvalue weighted by atomic mass is 9.96. The zero-order valence-electron chi connectivity index (χ0n) is 19.5. The van der Waals surface area contributed by atoms with Gasteiger partial charge in [0.25, 0.3) is 0 Å². The second kappa shape index (κ2) is 8.12. The number of nitrogens with zero attached hydrogens (tertiary/aromatic N) is 3. The minimum absolute atomic E-state index is 0.0188. The fourth-order valence-electron chi connectivity index (χ4n) is 5.21. The molecule has 1 fully saturated rings. The first-order chi connectivity index (χ1) is 14.7. The number of benzene rings is 1. The molecular formula is C26H32N4S. The summed E-state index contributed by atoms with van der Waals surface area (Å²) in [5, 5.41) is 4.36. The lowest BCUT2D eigenvalue weighted by Crippen LogP contribution is -2.35. The molecule has 5 heteroatoms. The Bertz CT molecular complexity index is 1110. The van der Waals surface area contributed by atoms with Crippen LogP contribution in [0.5, 0.6) is 0 Å². The summed E-state index contributed by atoms with van der Waals surface area (Å²) >= 11 is 5.78. The third-order valence-corrected chi connectivity index (χ3v) is 6.67. The van der Waals surface area contributed by atoms with Crippen LogP contribution in [0, 0.1) is 34.6 Å². The van der Waals surface area contributed by atoms with Crippen LogP contribution in [0.15, 0.2) is 42.6 Å². The Labute approximate surface area is 191 Å². The lowest BCUT2D eigenvalue weighted by molar-refractivity contribution is 0.269. The molecular weight excluding hydrogens is 400 g/mol. The highest BCUT2D eigenvalue weighted by Crippen LogP contribution is 2.42. The Hall–Kier alpha value is -2.66. The molecule has 0 unspecified atom stereocenters. The number of nitrogens with one attached hydrogen (secondary N) is 1. The normalized spacial score (nSPS) is 18.7. The highest BCUT2D eigenvalue weighted by atomic mass is 32.1. The van der Waals surface area contributed by atoms with Crippen LogP contribution in [0.4, 0.5) is 0 Å². The summed E-state index contributed by atoms with van der Waals surface area (Å²) in [4.78, 5) is 6.99. The molecule has 31 heavy (non-hydrogen) atoms. The van der Waals surface area contributed by atoms with Gasteiger partial charge in [0, 0.05) is 23.6 Å². The fraction of sp³-hybridized carbons (Fsp3) is 0.385. The second-order valence-corrected chi connectivity index (χ2v) is 9.42. The maximum atomic E-state index is 5.78. The van der Waals surface area contributed by atoms with Crippen LogP contribution in [-0.4, -0.2) is 25.6 Å². The summed E-state index contributed by atoms with van der Waals surface area (Å²) < 4.78 is 2.41. The molecule has 2 atom stereocenters. The van der Waals surface area contributed by atoms with E-state index in [1.807, 2.05) is 18.3 Å². The maximum Gasteiger partial charge on any atom is 0.170 e. The molecule has 3 heterocycles. The van der Waals surface area contributed by atoms with E-state index in [2.05, 4.69) is 92.5 Å². The number of thiocarbonyl (C=S) groups is 1. The zero-order chi connectivity index (χ0) is 22.4. The average Bonchev–Trinajstić information content (AvgIpc) is 3.19. The molecule has 0 saturated carbocycles. The first-order valence-electron chi connectivity index (χ1n) is 11.0. The van der Waals surface area contributed by atoms with E-state index in [0.29, 0.717) is 0 Å². The molecule has 2 aromatic heterocycles. The van der Waals surface area contributed by atoms with Crippen LogP contribution < -0.4 is 5.32 Å². The number of hydrogen-bond donors (Lipinski definition) is 1. The molecule has 1 N–H and O–H groups in total. The van der Waals surface area contributed by atoms with E-state index < -0.39 is 0 Å². The van der Waals surface area contributed by atoms with Gasteiger partial charge in [-0.25, -0.2) is 0 Å². The molecule has 162 valence electrons. The van der Waals surface area contributed by atoms with Gasteiger partial charge in [-0.1, -0.05) is 23.8 Å². The minimum atomic E-state index is 0.0188. The minimum Gasteiger partial charge on any atom is -0.352 e. The monoisotopic (exact) mass is 432 g/mol. The molecule has 0 amide bonds. The quantitative estimate of drug-likeness (QED) is 0.529. The number of pyridine rings is 1. The molecule has 1 aliphatic heterocycles. The van der Waals surface area contributed by atoms with Gasteiger partial charge in [0.1, 0.15) is 0 Å². The third-order valence-electron chi connectivity index (χ3n) is 6.34. The van der Waals surface area contributed by atoms with Crippen molar-refractivity contribution in [1.29, 1.82) is 0 Å². The fourth-order valence-corrected chi connectivity index (χ4v) is 5.66. The average molecular weight is 433 g/mol. The number of rotatable bonds is 4. The molecule has 1 aromatic carbocycles. The Morgan fingerprint density at radius 1 is 1.00 bits per heavy atom.